The molecular formula is C19H18N4O4S. The number of nitriles is 1. The number of hydrogen-bond donors (Lipinski definition) is 0. The van der Waals surface area contributed by atoms with Crippen molar-refractivity contribution in [1.29, 1.82) is 5.26 Å². The fourth-order valence-corrected chi connectivity index (χ4v) is 4.41. The molecule has 0 amide bonds. The number of carbonyl (C=O) groups excluding carboxylic acids is 1. The molecule has 2 atom stereocenters. The normalized spacial score (nSPS) is 19.7. The van der Waals surface area contributed by atoms with E-state index in [-0.39, 0.29) is 34.0 Å². The summed E-state index contributed by atoms with van der Waals surface area (Å²) in [6.07, 6.45) is 2.31. The van der Waals surface area contributed by atoms with E-state index in [2.05, 4.69) is 11.2 Å². The Morgan fingerprint density at radius 2 is 2.07 bits per heavy atom. The number of aldehydes is 1. The van der Waals surface area contributed by atoms with Gasteiger partial charge in [0.2, 0.25) is 0 Å². The summed E-state index contributed by atoms with van der Waals surface area (Å²) in [7, 11) is 0. The molecule has 1 saturated heterocycles. The van der Waals surface area contributed by atoms with E-state index in [1.165, 1.54) is 4.57 Å². The van der Waals surface area contributed by atoms with Gasteiger partial charge in [-0.3, -0.25) is 14.2 Å². The van der Waals surface area contributed by atoms with Crippen molar-refractivity contribution in [2.24, 2.45) is 0 Å². The molecule has 3 aromatic rings. The maximum atomic E-state index is 12.2. The maximum Gasteiger partial charge on any atom is 0.313 e. The highest BCUT2D eigenvalue weighted by Crippen LogP contribution is 2.36. The predicted octanol–water partition coefficient (Wildman–Crippen LogP) is 2.65. The summed E-state index contributed by atoms with van der Waals surface area (Å²) in [4.78, 5) is 26.7. The Morgan fingerprint density at radius 1 is 1.36 bits per heavy atom. The van der Waals surface area contributed by atoms with E-state index in [9.17, 15) is 14.9 Å². The average Bonchev–Trinajstić information content (AvgIpc) is 3.21. The number of morpholine rings is 1. The molecule has 0 saturated carbocycles. The van der Waals surface area contributed by atoms with Gasteiger partial charge in [0.05, 0.1) is 23.3 Å². The third kappa shape index (κ3) is 2.91. The number of rotatable bonds is 3. The van der Waals surface area contributed by atoms with Gasteiger partial charge < -0.3 is 14.2 Å². The van der Waals surface area contributed by atoms with E-state index in [0.717, 1.165) is 22.5 Å². The van der Waals surface area contributed by atoms with E-state index < -0.39 is 0 Å². The number of anilines is 1. The standard InChI is InChI=1S/C19H18N4O4S/c1-10-6-22(7-11(2)26-10)16-13(9-24)4-14-17(15(16)5-20)27-21-18(14)23-8-12(3)28-19(23)25/h4,8-11H,6-7H2,1-3H3/t10-,11-/m1/s1. The fourth-order valence-electron chi connectivity index (χ4n) is 3.74. The Kier molecular flexibility index (Phi) is 4.53. The first kappa shape index (κ1) is 18.4. The second kappa shape index (κ2) is 6.89. The zero-order chi connectivity index (χ0) is 20.0. The molecule has 1 aliphatic heterocycles. The minimum absolute atomic E-state index is 0.0388. The summed E-state index contributed by atoms with van der Waals surface area (Å²) >= 11 is 1.09. The third-order valence-electron chi connectivity index (χ3n) is 4.70. The van der Waals surface area contributed by atoms with Gasteiger partial charge in [-0.05, 0) is 26.8 Å². The minimum atomic E-state index is -0.209. The summed E-state index contributed by atoms with van der Waals surface area (Å²) in [5, 5.41) is 14.3. The van der Waals surface area contributed by atoms with Crippen LogP contribution in [0.5, 0.6) is 0 Å². The first-order chi connectivity index (χ1) is 13.4. The van der Waals surface area contributed by atoms with E-state index in [0.29, 0.717) is 29.7 Å². The molecular weight excluding hydrogens is 380 g/mol. The first-order valence-electron chi connectivity index (χ1n) is 8.84. The first-order valence-corrected chi connectivity index (χ1v) is 9.66. The van der Waals surface area contributed by atoms with Crippen LogP contribution in [-0.2, 0) is 4.74 Å². The summed E-state index contributed by atoms with van der Waals surface area (Å²) in [6.45, 7) is 6.82. The number of ether oxygens (including phenoxy) is 1. The molecule has 8 nitrogen and oxygen atoms in total. The summed E-state index contributed by atoms with van der Waals surface area (Å²) in [5.74, 6) is 0.277. The number of nitrogens with zero attached hydrogens (tertiary/aromatic N) is 4. The number of benzene rings is 1. The Bertz CT molecular complexity index is 1160. The van der Waals surface area contributed by atoms with Crippen LogP contribution in [0.25, 0.3) is 16.8 Å². The second-order valence-corrected chi connectivity index (χ2v) is 8.14. The molecule has 0 unspecified atom stereocenters. The van der Waals surface area contributed by atoms with Crippen LogP contribution in [0.2, 0.25) is 0 Å². The van der Waals surface area contributed by atoms with E-state index in [1.54, 1.807) is 12.3 Å². The molecule has 28 heavy (non-hydrogen) atoms. The lowest BCUT2D eigenvalue weighted by atomic mass is 10.0. The molecule has 1 fully saturated rings. The van der Waals surface area contributed by atoms with Crippen molar-refractivity contribution < 1.29 is 14.1 Å². The van der Waals surface area contributed by atoms with Crippen molar-refractivity contribution >= 4 is 34.3 Å². The van der Waals surface area contributed by atoms with E-state index in [4.69, 9.17) is 9.26 Å². The van der Waals surface area contributed by atoms with Crippen LogP contribution < -0.4 is 9.77 Å². The third-order valence-corrected chi connectivity index (χ3v) is 5.50. The van der Waals surface area contributed by atoms with Crippen molar-refractivity contribution in [3.63, 3.8) is 0 Å². The van der Waals surface area contributed by atoms with Gasteiger partial charge in [0, 0.05) is 29.7 Å². The van der Waals surface area contributed by atoms with Crippen LogP contribution in [0.3, 0.4) is 0 Å². The van der Waals surface area contributed by atoms with Gasteiger partial charge in [-0.2, -0.15) is 5.26 Å². The summed E-state index contributed by atoms with van der Waals surface area (Å²) in [5.41, 5.74) is 1.37. The molecule has 4 rings (SSSR count). The van der Waals surface area contributed by atoms with Gasteiger partial charge in [0.25, 0.3) is 0 Å². The van der Waals surface area contributed by atoms with E-state index in [1.807, 2.05) is 25.7 Å². The van der Waals surface area contributed by atoms with Gasteiger partial charge in [0.15, 0.2) is 17.7 Å². The van der Waals surface area contributed by atoms with Gasteiger partial charge in [0.1, 0.15) is 11.6 Å². The maximum absolute atomic E-state index is 12.2. The van der Waals surface area contributed by atoms with Crippen LogP contribution in [0.1, 0.15) is 34.6 Å². The molecule has 1 aliphatic rings. The number of hydrogen-bond acceptors (Lipinski definition) is 8. The van der Waals surface area contributed by atoms with Crippen molar-refractivity contribution in [2.75, 3.05) is 18.0 Å². The van der Waals surface area contributed by atoms with Crippen LogP contribution in [0.4, 0.5) is 5.69 Å². The Balaban J connectivity index is 1.96. The lowest BCUT2D eigenvalue weighted by Crippen LogP contribution is -2.46. The molecule has 0 bridgehead atoms. The van der Waals surface area contributed by atoms with Gasteiger partial charge in [-0.25, -0.2) is 0 Å². The Morgan fingerprint density at radius 3 is 2.64 bits per heavy atom. The lowest BCUT2D eigenvalue weighted by Gasteiger charge is -2.37. The topological polar surface area (TPSA) is 101 Å². The smallest absolute Gasteiger partial charge is 0.313 e. The molecule has 0 N–H and O–H groups in total. The minimum Gasteiger partial charge on any atom is -0.372 e. The second-order valence-electron chi connectivity index (χ2n) is 6.94. The number of thiazole rings is 1. The lowest BCUT2D eigenvalue weighted by molar-refractivity contribution is -0.00526. The molecule has 0 aliphatic carbocycles. The van der Waals surface area contributed by atoms with Crippen molar-refractivity contribution in [3.05, 3.63) is 37.9 Å². The van der Waals surface area contributed by atoms with Gasteiger partial charge >= 0.3 is 4.87 Å². The molecule has 0 radical (unpaired) electrons. The molecule has 0 spiro atoms. The Hall–Kier alpha value is -2.96. The quantitative estimate of drug-likeness (QED) is 0.625. The summed E-state index contributed by atoms with van der Waals surface area (Å²) in [6, 6.07) is 3.80. The predicted molar refractivity (Wildman–Crippen MR) is 105 cm³/mol. The number of aromatic nitrogens is 2. The average molecular weight is 398 g/mol. The molecule has 144 valence electrons. The van der Waals surface area contributed by atoms with Crippen LogP contribution in [0, 0.1) is 18.3 Å². The molecule has 1 aromatic carbocycles. The largest absolute Gasteiger partial charge is 0.372 e. The molecule has 2 aromatic heterocycles. The zero-order valence-corrected chi connectivity index (χ0v) is 16.4. The monoisotopic (exact) mass is 398 g/mol. The van der Waals surface area contributed by atoms with Crippen molar-refractivity contribution in [1.82, 2.24) is 9.72 Å². The highest BCUT2D eigenvalue weighted by atomic mass is 32.1. The van der Waals surface area contributed by atoms with Crippen molar-refractivity contribution in [3.8, 4) is 11.9 Å². The zero-order valence-electron chi connectivity index (χ0n) is 15.6. The number of carbonyl (C=O) groups is 1. The van der Waals surface area contributed by atoms with Crippen LogP contribution >= 0.6 is 11.3 Å². The highest BCUT2D eigenvalue weighted by Gasteiger charge is 2.29. The Labute approximate surface area is 164 Å². The van der Waals surface area contributed by atoms with E-state index >= 15 is 0 Å². The van der Waals surface area contributed by atoms with Gasteiger partial charge in [-0.15, -0.1) is 0 Å². The molecule has 3 heterocycles. The number of fused-ring (bicyclic) bond motifs is 1. The highest BCUT2D eigenvalue weighted by molar-refractivity contribution is 7.09. The fraction of sp³-hybridized carbons (Fsp3) is 0.368. The van der Waals surface area contributed by atoms with Crippen LogP contribution in [-0.4, -0.2) is 41.3 Å². The summed E-state index contributed by atoms with van der Waals surface area (Å²) < 4.78 is 12.6. The van der Waals surface area contributed by atoms with Crippen molar-refractivity contribution in [2.45, 2.75) is 33.0 Å². The molecule has 9 heteroatoms. The SMILES string of the molecule is Cc1cn(-c2noc3c(C#N)c(N4C[C@@H](C)O[C@H](C)C4)c(C=O)cc23)c(=O)s1. The van der Waals surface area contributed by atoms with Gasteiger partial charge in [-0.1, -0.05) is 16.5 Å². The number of aryl methyl sites for hydroxylation is 1. The van der Waals surface area contributed by atoms with Crippen LogP contribution in [0.15, 0.2) is 21.6 Å².